The number of amides is 4. The van der Waals surface area contributed by atoms with E-state index in [-0.39, 0.29) is 12.5 Å². The summed E-state index contributed by atoms with van der Waals surface area (Å²) in [6, 6.07) is 11.8. The lowest BCUT2D eigenvalue weighted by Crippen LogP contribution is -2.54. The van der Waals surface area contributed by atoms with Crippen LogP contribution >= 0.6 is 0 Å². The van der Waals surface area contributed by atoms with Crippen molar-refractivity contribution in [2.24, 2.45) is 5.16 Å². The van der Waals surface area contributed by atoms with Crippen LogP contribution in [0.25, 0.3) is 0 Å². The largest absolute Gasteiger partial charge is 0.497 e. The molecule has 2 aromatic carbocycles. The van der Waals surface area contributed by atoms with E-state index in [0.717, 1.165) is 11.1 Å². The SMILES string of the molecule is COc1ccc2c(c1)C(=O)N(C[C@@]1(C#Cc3ccc(C/C(C)=N/O)cc3)NC(=O)NC1=O)C2. The first-order chi connectivity index (χ1) is 15.8. The Kier molecular flexibility index (Phi) is 5.75. The summed E-state index contributed by atoms with van der Waals surface area (Å²) < 4.78 is 5.20. The van der Waals surface area contributed by atoms with E-state index < -0.39 is 17.5 Å². The molecule has 2 aromatic rings. The van der Waals surface area contributed by atoms with Gasteiger partial charge >= 0.3 is 6.03 Å². The first-order valence-electron chi connectivity index (χ1n) is 10.2. The fourth-order valence-electron chi connectivity index (χ4n) is 3.83. The second kappa shape index (κ2) is 8.67. The number of imide groups is 1. The molecule has 2 aliphatic heterocycles. The van der Waals surface area contributed by atoms with Gasteiger partial charge in [-0.05, 0) is 42.3 Å². The summed E-state index contributed by atoms with van der Waals surface area (Å²) in [6.07, 6.45) is 0.495. The zero-order valence-corrected chi connectivity index (χ0v) is 18.1. The summed E-state index contributed by atoms with van der Waals surface area (Å²) in [7, 11) is 1.52. The minimum absolute atomic E-state index is 0.0996. The molecule has 0 aromatic heterocycles. The third-order valence-corrected chi connectivity index (χ3v) is 5.57. The summed E-state index contributed by atoms with van der Waals surface area (Å²) in [5, 5.41) is 16.8. The maximum absolute atomic E-state index is 13.0. The van der Waals surface area contributed by atoms with Crippen LogP contribution in [0, 0.1) is 11.8 Å². The van der Waals surface area contributed by atoms with Gasteiger partial charge in [-0.25, -0.2) is 4.79 Å². The Bertz CT molecular complexity index is 1230. The van der Waals surface area contributed by atoms with E-state index in [1.807, 2.05) is 18.2 Å². The van der Waals surface area contributed by atoms with E-state index >= 15 is 0 Å². The molecular weight excluding hydrogens is 424 g/mol. The Morgan fingerprint density at radius 2 is 1.97 bits per heavy atom. The molecule has 0 unspecified atom stereocenters. The molecule has 33 heavy (non-hydrogen) atoms. The number of nitrogens with one attached hydrogen (secondary N) is 2. The normalized spacial score (nSPS) is 19.5. The maximum Gasteiger partial charge on any atom is 0.323 e. The van der Waals surface area contributed by atoms with E-state index in [1.54, 1.807) is 31.2 Å². The van der Waals surface area contributed by atoms with Crippen LogP contribution in [0.5, 0.6) is 5.75 Å². The van der Waals surface area contributed by atoms with Crippen LogP contribution < -0.4 is 15.4 Å². The van der Waals surface area contributed by atoms with Gasteiger partial charge in [-0.1, -0.05) is 35.2 Å². The number of ether oxygens (including phenoxy) is 1. The van der Waals surface area contributed by atoms with Crippen molar-refractivity contribution in [1.82, 2.24) is 15.5 Å². The highest BCUT2D eigenvalue weighted by molar-refractivity contribution is 6.10. The van der Waals surface area contributed by atoms with Crippen molar-refractivity contribution in [2.45, 2.75) is 25.4 Å². The van der Waals surface area contributed by atoms with Gasteiger partial charge in [-0.3, -0.25) is 14.9 Å². The van der Waals surface area contributed by atoms with Crippen molar-refractivity contribution >= 4 is 23.6 Å². The summed E-state index contributed by atoms with van der Waals surface area (Å²) >= 11 is 0. The quantitative estimate of drug-likeness (QED) is 0.212. The van der Waals surface area contributed by atoms with Gasteiger partial charge in [0.25, 0.3) is 11.8 Å². The predicted molar refractivity (Wildman–Crippen MR) is 119 cm³/mol. The number of hydrogen-bond donors (Lipinski definition) is 3. The first kappa shape index (κ1) is 21.9. The monoisotopic (exact) mass is 446 g/mol. The van der Waals surface area contributed by atoms with Gasteiger partial charge in [0.1, 0.15) is 5.75 Å². The van der Waals surface area contributed by atoms with Crippen LogP contribution in [-0.4, -0.2) is 52.9 Å². The molecule has 9 nitrogen and oxygen atoms in total. The molecule has 0 aliphatic carbocycles. The highest BCUT2D eigenvalue weighted by Crippen LogP contribution is 2.28. The summed E-state index contributed by atoms with van der Waals surface area (Å²) in [5.74, 6) is 5.52. The van der Waals surface area contributed by atoms with Gasteiger partial charge in [-0.15, -0.1) is 0 Å². The minimum atomic E-state index is -1.57. The third-order valence-electron chi connectivity index (χ3n) is 5.57. The van der Waals surface area contributed by atoms with Crippen LogP contribution in [-0.2, 0) is 17.8 Å². The highest BCUT2D eigenvalue weighted by atomic mass is 16.5. The van der Waals surface area contributed by atoms with Crippen molar-refractivity contribution in [2.75, 3.05) is 13.7 Å². The molecule has 9 heteroatoms. The lowest BCUT2D eigenvalue weighted by Gasteiger charge is -2.26. The number of carbonyl (C=O) groups excluding carboxylic acids is 3. The molecule has 3 N–H and O–H groups in total. The van der Waals surface area contributed by atoms with Crippen LogP contribution in [0.1, 0.15) is 34.0 Å². The molecule has 0 saturated carbocycles. The second-order valence-corrected chi connectivity index (χ2v) is 7.96. The molecule has 0 radical (unpaired) electrons. The Morgan fingerprint density at radius 3 is 2.61 bits per heavy atom. The standard InChI is InChI=1S/C24H22N4O5/c1-15(27-32)11-17-5-3-16(4-6-17)9-10-24(22(30)25-23(31)26-24)14-28-13-18-7-8-19(33-2)12-20(18)21(28)29/h3-8,12,32H,11,13-14H2,1-2H3,(H2,25,26,30,31)/b27-15+/t24-/m1/s1. The topological polar surface area (TPSA) is 120 Å². The smallest absolute Gasteiger partial charge is 0.323 e. The Labute approximate surface area is 190 Å². The fourth-order valence-corrected chi connectivity index (χ4v) is 3.83. The van der Waals surface area contributed by atoms with Crippen molar-refractivity contribution in [3.05, 3.63) is 64.7 Å². The number of fused-ring (bicyclic) bond motifs is 1. The minimum Gasteiger partial charge on any atom is -0.497 e. The molecule has 0 spiro atoms. The Morgan fingerprint density at radius 1 is 1.21 bits per heavy atom. The number of methoxy groups -OCH3 is 1. The van der Waals surface area contributed by atoms with E-state index in [1.165, 1.54) is 12.0 Å². The second-order valence-electron chi connectivity index (χ2n) is 7.96. The van der Waals surface area contributed by atoms with E-state index in [0.29, 0.717) is 35.6 Å². The van der Waals surface area contributed by atoms with Crippen molar-refractivity contribution < 1.29 is 24.3 Å². The van der Waals surface area contributed by atoms with Gasteiger partial charge in [0.15, 0.2) is 0 Å². The first-order valence-corrected chi connectivity index (χ1v) is 10.2. The van der Waals surface area contributed by atoms with Gasteiger partial charge in [0, 0.05) is 24.1 Å². The zero-order chi connectivity index (χ0) is 23.6. The number of nitrogens with zero attached hydrogens (tertiary/aromatic N) is 2. The Hall–Kier alpha value is -4.32. The van der Waals surface area contributed by atoms with Crippen LogP contribution in [0.2, 0.25) is 0 Å². The average molecular weight is 446 g/mol. The van der Waals surface area contributed by atoms with Crippen molar-refractivity contribution in [3.63, 3.8) is 0 Å². The van der Waals surface area contributed by atoms with Gasteiger partial charge < -0.3 is 20.2 Å². The molecule has 1 atom stereocenters. The van der Waals surface area contributed by atoms with E-state index in [9.17, 15) is 14.4 Å². The van der Waals surface area contributed by atoms with Gasteiger partial charge in [0.05, 0.1) is 19.4 Å². The molecule has 2 heterocycles. The van der Waals surface area contributed by atoms with Crippen molar-refractivity contribution in [3.8, 4) is 17.6 Å². The molecule has 4 amide bonds. The van der Waals surface area contributed by atoms with Crippen LogP contribution in [0.3, 0.4) is 0 Å². The summed E-state index contributed by atoms with van der Waals surface area (Å²) in [6.45, 7) is 1.91. The van der Waals surface area contributed by atoms with Crippen molar-refractivity contribution in [1.29, 1.82) is 0 Å². The molecule has 1 fully saturated rings. The predicted octanol–water partition coefficient (Wildman–Crippen LogP) is 1.67. The number of urea groups is 1. The van der Waals surface area contributed by atoms with Gasteiger partial charge in [-0.2, -0.15) is 0 Å². The number of benzene rings is 2. The molecular formula is C24H22N4O5. The lowest BCUT2D eigenvalue weighted by molar-refractivity contribution is -0.122. The number of hydrogen-bond acceptors (Lipinski definition) is 6. The van der Waals surface area contributed by atoms with Gasteiger partial charge in [0.2, 0.25) is 5.54 Å². The van der Waals surface area contributed by atoms with E-state index in [2.05, 4.69) is 27.6 Å². The lowest BCUT2D eigenvalue weighted by atomic mass is 9.98. The molecule has 4 rings (SSSR count). The molecule has 2 aliphatic rings. The summed E-state index contributed by atoms with van der Waals surface area (Å²) in [5.41, 5.74) is 1.88. The average Bonchev–Trinajstić information content (AvgIpc) is 3.27. The van der Waals surface area contributed by atoms with E-state index in [4.69, 9.17) is 9.94 Å². The molecule has 1 saturated heterocycles. The highest BCUT2D eigenvalue weighted by Gasteiger charge is 2.48. The fraction of sp³-hybridized carbons (Fsp3) is 0.250. The summed E-state index contributed by atoms with van der Waals surface area (Å²) in [4.78, 5) is 39.1. The Balaban J connectivity index is 1.58. The maximum atomic E-state index is 13.0. The van der Waals surface area contributed by atoms with Crippen LogP contribution in [0.4, 0.5) is 4.79 Å². The number of oxime groups is 1. The molecule has 0 bridgehead atoms. The third kappa shape index (κ3) is 4.36. The number of rotatable bonds is 5. The van der Waals surface area contributed by atoms with Crippen LogP contribution in [0.15, 0.2) is 47.6 Å². The zero-order valence-electron chi connectivity index (χ0n) is 18.1. The molecule has 168 valence electrons. The number of carbonyl (C=O) groups is 3.